The van der Waals surface area contributed by atoms with E-state index in [0.717, 1.165) is 6.42 Å². The molecule has 0 spiro atoms. The molecular weight excluding hydrogens is 242 g/mol. The summed E-state index contributed by atoms with van der Waals surface area (Å²) in [5, 5.41) is 0. The van der Waals surface area contributed by atoms with E-state index >= 15 is 0 Å². The van der Waals surface area contributed by atoms with Crippen molar-refractivity contribution in [1.82, 2.24) is 0 Å². The zero-order valence-electron chi connectivity index (χ0n) is 12.6. The molecule has 0 N–H and O–H groups in total. The van der Waals surface area contributed by atoms with Crippen LogP contribution >= 0.6 is 0 Å². The van der Waals surface area contributed by atoms with E-state index in [1.807, 2.05) is 0 Å². The van der Waals surface area contributed by atoms with Gasteiger partial charge >= 0.3 is 0 Å². The van der Waals surface area contributed by atoms with Crippen LogP contribution < -0.4 is 0 Å². The molecule has 106 valence electrons. The van der Waals surface area contributed by atoms with Crippen molar-refractivity contribution in [2.75, 3.05) is 0 Å². The van der Waals surface area contributed by atoms with Crippen molar-refractivity contribution in [3.8, 4) is 0 Å². The van der Waals surface area contributed by atoms with Gasteiger partial charge < -0.3 is 0 Å². The maximum atomic E-state index is 5.08. The first-order valence-electron chi connectivity index (χ1n) is 8.19. The number of aliphatic imine (C=N–C) groups is 1. The average Bonchev–Trinajstić information content (AvgIpc) is 2.56. The molecule has 0 aromatic rings. The normalized spacial score (nSPS) is 26.6. The molecule has 1 heterocycles. The van der Waals surface area contributed by atoms with Crippen LogP contribution in [0.4, 0.5) is 0 Å². The summed E-state index contributed by atoms with van der Waals surface area (Å²) in [6.45, 7) is 2.24. The Morgan fingerprint density at radius 2 is 2.05 bits per heavy atom. The second kappa shape index (κ2) is 6.39. The van der Waals surface area contributed by atoms with Gasteiger partial charge in [0.05, 0.1) is 0 Å². The van der Waals surface area contributed by atoms with E-state index in [0.29, 0.717) is 5.92 Å². The Labute approximate surface area is 122 Å². The Hall–Kier alpha value is -1.37. The number of hydrogen-bond acceptors (Lipinski definition) is 1. The van der Waals surface area contributed by atoms with Crippen LogP contribution in [-0.2, 0) is 0 Å². The van der Waals surface area contributed by atoms with Gasteiger partial charge in [0.2, 0.25) is 0 Å². The molecule has 0 aromatic carbocycles. The van der Waals surface area contributed by atoms with E-state index in [2.05, 4.69) is 37.3 Å². The predicted molar refractivity (Wildman–Crippen MR) is 86.9 cm³/mol. The zero-order valence-corrected chi connectivity index (χ0v) is 12.6. The van der Waals surface area contributed by atoms with Crippen molar-refractivity contribution in [1.29, 1.82) is 0 Å². The monoisotopic (exact) mass is 267 g/mol. The van der Waals surface area contributed by atoms with E-state index in [-0.39, 0.29) is 0 Å². The van der Waals surface area contributed by atoms with Gasteiger partial charge in [0, 0.05) is 17.3 Å². The fourth-order valence-corrected chi connectivity index (χ4v) is 3.51. The maximum absolute atomic E-state index is 5.08. The van der Waals surface area contributed by atoms with Crippen LogP contribution in [-0.4, -0.2) is 5.71 Å². The molecule has 1 atom stereocenters. The third kappa shape index (κ3) is 2.87. The van der Waals surface area contributed by atoms with Crippen LogP contribution in [0.1, 0.15) is 58.3 Å². The number of nitrogens with zero attached hydrogens (tertiary/aromatic N) is 1. The molecule has 0 radical (unpaired) electrons. The first kappa shape index (κ1) is 13.6. The van der Waals surface area contributed by atoms with E-state index in [1.54, 1.807) is 11.1 Å². The summed E-state index contributed by atoms with van der Waals surface area (Å²) in [5.74, 6) is 0.656. The highest BCUT2D eigenvalue weighted by atomic mass is 14.8. The summed E-state index contributed by atoms with van der Waals surface area (Å²) in [6.07, 6.45) is 21.1. The molecule has 0 bridgehead atoms. The summed E-state index contributed by atoms with van der Waals surface area (Å²) >= 11 is 0. The van der Waals surface area contributed by atoms with Gasteiger partial charge in [-0.05, 0) is 62.5 Å². The van der Waals surface area contributed by atoms with Gasteiger partial charge in [-0.15, -0.1) is 0 Å². The second-order valence-electron chi connectivity index (χ2n) is 6.04. The third-order valence-corrected chi connectivity index (χ3v) is 4.72. The van der Waals surface area contributed by atoms with Crippen LogP contribution in [0.3, 0.4) is 0 Å². The number of hydrogen-bond donors (Lipinski definition) is 0. The standard InChI is InChI=1S/C19H25N/c1-2-17-13-14-18(15-9-5-3-6-10-15)19(20-17)16-11-7-4-8-12-16/h3-5,7,9,16H,2,6,8,10-14H2,1H3. The van der Waals surface area contributed by atoms with E-state index < -0.39 is 0 Å². The minimum absolute atomic E-state index is 0.656. The van der Waals surface area contributed by atoms with Gasteiger partial charge in [-0.2, -0.15) is 0 Å². The molecule has 0 fully saturated rings. The lowest BCUT2D eigenvalue weighted by Gasteiger charge is -2.28. The van der Waals surface area contributed by atoms with Crippen LogP contribution in [0.15, 0.2) is 52.2 Å². The van der Waals surface area contributed by atoms with E-state index in [4.69, 9.17) is 4.99 Å². The smallest absolute Gasteiger partial charge is 0.0471 e. The van der Waals surface area contributed by atoms with Crippen molar-refractivity contribution < 1.29 is 0 Å². The Balaban J connectivity index is 1.97. The molecule has 0 amide bonds. The molecule has 1 nitrogen and oxygen atoms in total. The Morgan fingerprint density at radius 3 is 2.75 bits per heavy atom. The zero-order chi connectivity index (χ0) is 13.8. The van der Waals surface area contributed by atoms with Gasteiger partial charge in [0.15, 0.2) is 0 Å². The van der Waals surface area contributed by atoms with Gasteiger partial charge in [-0.25, -0.2) is 0 Å². The summed E-state index contributed by atoms with van der Waals surface area (Å²) in [6, 6.07) is 0. The van der Waals surface area contributed by atoms with Crippen LogP contribution in [0.5, 0.6) is 0 Å². The molecule has 20 heavy (non-hydrogen) atoms. The molecule has 3 rings (SSSR count). The summed E-state index contributed by atoms with van der Waals surface area (Å²) < 4.78 is 0. The van der Waals surface area contributed by atoms with Gasteiger partial charge in [0.1, 0.15) is 0 Å². The average molecular weight is 267 g/mol. The third-order valence-electron chi connectivity index (χ3n) is 4.72. The first-order valence-corrected chi connectivity index (χ1v) is 8.19. The van der Waals surface area contributed by atoms with Crippen molar-refractivity contribution in [3.05, 3.63) is 47.2 Å². The Bertz CT molecular complexity index is 514. The fourth-order valence-electron chi connectivity index (χ4n) is 3.51. The van der Waals surface area contributed by atoms with Crippen molar-refractivity contribution >= 4 is 5.71 Å². The van der Waals surface area contributed by atoms with E-state index in [1.165, 1.54) is 56.4 Å². The first-order chi connectivity index (χ1) is 9.88. The number of allylic oxidation sites excluding steroid dienone is 8. The maximum Gasteiger partial charge on any atom is 0.0471 e. The summed E-state index contributed by atoms with van der Waals surface area (Å²) in [5.41, 5.74) is 5.96. The quantitative estimate of drug-likeness (QED) is 0.597. The van der Waals surface area contributed by atoms with Crippen molar-refractivity contribution in [3.63, 3.8) is 0 Å². The lowest BCUT2D eigenvalue weighted by atomic mass is 9.82. The molecule has 0 saturated heterocycles. The topological polar surface area (TPSA) is 12.4 Å². The SMILES string of the molecule is CCC1=NC(C2CC=CCC2)=C(C2=CC=CCC2)CC1. The minimum atomic E-state index is 0.656. The van der Waals surface area contributed by atoms with Gasteiger partial charge in [-0.1, -0.05) is 37.3 Å². The van der Waals surface area contributed by atoms with Crippen LogP contribution in [0.2, 0.25) is 0 Å². The second-order valence-corrected chi connectivity index (χ2v) is 6.04. The molecule has 3 aliphatic rings. The molecule has 2 aliphatic carbocycles. The van der Waals surface area contributed by atoms with Crippen LogP contribution in [0.25, 0.3) is 0 Å². The highest BCUT2D eigenvalue weighted by Crippen LogP contribution is 2.38. The molecule has 1 heteroatoms. The van der Waals surface area contributed by atoms with Crippen molar-refractivity contribution in [2.24, 2.45) is 10.9 Å². The largest absolute Gasteiger partial charge is 0.262 e. The Morgan fingerprint density at radius 1 is 1.10 bits per heavy atom. The highest BCUT2D eigenvalue weighted by Gasteiger charge is 2.24. The number of rotatable bonds is 3. The summed E-state index contributed by atoms with van der Waals surface area (Å²) in [7, 11) is 0. The van der Waals surface area contributed by atoms with Gasteiger partial charge in [-0.3, -0.25) is 4.99 Å². The Kier molecular flexibility index (Phi) is 4.34. The minimum Gasteiger partial charge on any atom is -0.262 e. The van der Waals surface area contributed by atoms with E-state index in [9.17, 15) is 0 Å². The fraction of sp³-hybridized carbons (Fsp3) is 0.526. The van der Waals surface area contributed by atoms with Crippen LogP contribution in [0, 0.1) is 5.92 Å². The molecule has 0 aromatic heterocycles. The summed E-state index contributed by atoms with van der Waals surface area (Å²) in [4.78, 5) is 5.08. The van der Waals surface area contributed by atoms with Crippen molar-refractivity contribution in [2.45, 2.75) is 58.3 Å². The molecule has 1 unspecified atom stereocenters. The lowest BCUT2D eigenvalue weighted by Crippen LogP contribution is -2.15. The van der Waals surface area contributed by atoms with Gasteiger partial charge in [0.25, 0.3) is 0 Å². The lowest BCUT2D eigenvalue weighted by molar-refractivity contribution is 0.537. The molecular formula is C19H25N. The molecule has 1 aliphatic heterocycles. The highest BCUT2D eigenvalue weighted by molar-refractivity contribution is 5.86. The predicted octanol–water partition coefficient (Wildman–Crippen LogP) is 5.52. The molecule has 0 saturated carbocycles.